The third kappa shape index (κ3) is 5.31. The Morgan fingerprint density at radius 3 is 2.62 bits per heavy atom. The molecule has 0 spiro atoms. The zero-order valence-electron chi connectivity index (χ0n) is 17.0. The Bertz CT molecular complexity index is 1120. The highest BCUT2D eigenvalue weighted by Crippen LogP contribution is 2.29. The van der Waals surface area contributed by atoms with Gasteiger partial charge in [0.2, 0.25) is 0 Å². The molecule has 3 aromatic rings. The second kappa shape index (κ2) is 10.1. The first-order chi connectivity index (χ1) is 15.6. The van der Waals surface area contributed by atoms with E-state index in [9.17, 15) is 9.59 Å². The number of nitrogens with zero attached hydrogens (tertiary/aromatic N) is 2. The smallest absolute Gasteiger partial charge is 0.341 e. The Hall–Kier alpha value is -3.71. The van der Waals surface area contributed by atoms with Crippen molar-refractivity contribution in [2.24, 2.45) is 10.9 Å². The van der Waals surface area contributed by atoms with Gasteiger partial charge in [0.05, 0.1) is 11.8 Å². The minimum atomic E-state index is -0.875. The van der Waals surface area contributed by atoms with Gasteiger partial charge in [-0.2, -0.15) is 4.99 Å². The summed E-state index contributed by atoms with van der Waals surface area (Å²) in [5.74, 6) is -0.892. The van der Waals surface area contributed by atoms with Crippen molar-refractivity contribution >= 4 is 29.3 Å². The number of rotatable bonds is 7. The molecule has 8 heteroatoms. The van der Waals surface area contributed by atoms with Crippen LogP contribution in [-0.4, -0.2) is 29.3 Å². The minimum absolute atomic E-state index is 0.0738. The predicted molar refractivity (Wildman–Crippen MR) is 120 cm³/mol. The maximum absolute atomic E-state index is 13.2. The first-order valence-electron chi connectivity index (χ1n) is 9.97. The number of benzene rings is 2. The van der Waals surface area contributed by atoms with Crippen molar-refractivity contribution in [2.45, 2.75) is 12.6 Å². The van der Waals surface area contributed by atoms with E-state index in [-0.39, 0.29) is 18.9 Å². The molecule has 1 aromatic heterocycles. The van der Waals surface area contributed by atoms with Crippen LogP contribution in [0, 0.1) is 5.92 Å². The number of halogens is 1. The first-order valence-corrected chi connectivity index (χ1v) is 10.3. The van der Waals surface area contributed by atoms with Crippen molar-refractivity contribution in [2.75, 3.05) is 6.61 Å². The second-order valence-electron chi connectivity index (χ2n) is 7.13. The maximum Gasteiger partial charge on any atom is 0.341 e. The topological polar surface area (TPSA) is 89.9 Å². The molecule has 0 saturated heterocycles. The third-order valence-electron chi connectivity index (χ3n) is 4.92. The molecule has 0 fully saturated rings. The number of amides is 2. The summed E-state index contributed by atoms with van der Waals surface area (Å²) in [7, 11) is 0. The lowest BCUT2D eigenvalue weighted by atomic mass is 9.88. The van der Waals surface area contributed by atoms with E-state index >= 15 is 0 Å². The average molecular weight is 450 g/mol. The number of carbonyl (C=O) groups excluding carboxylic acids is 2. The molecule has 2 unspecified atom stereocenters. The van der Waals surface area contributed by atoms with Crippen molar-refractivity contribution in [1.29, 1.82) is 0 Å². The van der Waals surface area contributed by atoms with Crippen molar-refractivity contribution in [1.82, 2.24) is 10.3 Å². The molecule has 32 heavy (non-hydrogen) atoms. The highest BCUT2D eigenvalue weighted by molar-refractivity contribution is 6.30. The molecule has 4 rings (SSSR count). The van der Waals surface area contributed by atoms with Crippen LogP contribution in [0.25, 0.3) is 0 Å². The Morgan fingerprint density at radius 1 is 1.03 bits per heavy atom. The van der Waals surface area contributed by atoms with E-state index in [1.165, 1.54) is 0 Å². The number of aliphatic imine (C=N–C) groups is 1. The van der Waals surface area contributed by atoms with Gasteiger partial charge in [0, 0.05) is 17.4 Å². The number of aromatic nitrogens is 1. The largest absolute Gasteiger partial charge is 0.488 e. The normalized spacial score (nSPS) is 17.8. The Kier molecular flexibility index (Phi) is 6.77. The molecule has 2 amide bonds. The van der Waals surface area contributed by atoms with E-state index in [1.54, 1.807) is 48.8 Å². The van der Waals surface area contributed by atoms with Crippen LogP contribution in [-0.2, 0) is 16.1 Å². The predicted octanol–water partition coefficient (Wildman–Crippen LogP) is 4.38. The summed E-state index contributed by atoms with van der Waals surface area (Å²) in [6, 6.07) is 18.5. The number of hydrogen-bond acceptors (Lipinski definition) is 5. The van der Waals surface area contributed by atoms with Crippen LogP contribution < -0.4 is 10.1 Å². The molecule has 1 N–H and O–H groups in total. The zero-order chi connectivity index (χ0) is 22.3. The standard InChI is InChI=1S/C24H20ClN3O4/c25-18-9-4-10-19(12-18)31-15-20-21(23(29)32-14-16-6-2-1-3-7-16)22(28-24(30)27-20)17-8-5-11-26-13-17/h1-13,21-22H,14-15H2,(H,28,30). The van der Waals surface area contributed by atoms with Crippen LogP contribution in [0.2, 0.25) is 5.02 Å². The van der Waals surface area contributed by atoms with Gasteiger partial charge in [-0.15, -0.1) is 0 Å². The summed E-state index contributed by atoms with van der Waals surface area (Å²) in [6.45, 7) is 0.0297. The molecular weight excluding hydrogens is 430 g/mol. The highest BCUT2D eigenvalue weighted by Gasteiger charge is 2.40. The average Bonchev–Trinajstić information content (AvgIpc) is 2.82. The summed E-state index contributed by atoms with van der Waals surface area (Å²) in [5, 5.41) is 3.27. The van der Waals surface area contributed by atoms with Gasteiger partial charge >= 0.3 is 12.0 Å². The molecule has 0 aliphatic carbocycles. The summed E-state index contributed by atoms with van der Waals surface area (Å²) < 4.78 is 11.4. The van der Waals surface area contributed by atoms with Gasteiger partial charge in [0.1, 0.15) is 24.9 Å². The number of nitrogens with one attached hydrogen (secondary N) is 1. The van der Waals surface area contributed by atoms with Crippen LogP contribution in [0.4, 0.5) is 4.79 Å². The molecule has 0 radical (unpaired) electrons. The van der Waals surface area contributed by atoms with Gasteiger partial charge in [0.25, 0.3) is 0 Å². The molecule has 2 atom stereocenters. The van der Waals surface area contributed by atoms with E-state index in [0.29, 0.717) is 16.3 Å². The van der Waals surface area contributed by atoms with E-state index in [0.717, 1.165) is 5.56 Å². The Labute approximate surface area is 190 Å². The number of ether oxygens (including phenoxy) is 2. The summed E-state index contributed by atoms with van der Waals surface area (Å²) >= 11 is 6.02. The molecule has 0 bridgehead atoms. The highest BCUT2D eigenvalue weighted by atomic mass is 35.5. The van der Waals surface area contributed by atoms with Crippen LogP contribution >= 0.6 is 11.6 Å². The third-order valence-corrected chi connectivity index (χ3v) is 5.16. The summed E-state index contributed by atoms with van der Waals surface area (Å²) in [4.78, 5) is 33.7. The molecule has 2 heterocycles. The fourth-order valence-electron chi connectivity index (χ4n) is 3.40. The maximum atomic E-state index is 13.2. The van der Waals surface area contributed by atoms with Crippen LogP contribution in [0.15, 0.2) is 84.1 Å². The van der Waals surface area contributed by atoms with Gasteiger partial charge in [-0.1, -0.05) is 54.1 Å². The van der Waals surface area contributed by atoms with Crippen LogP contribution in [0.5, 0.6) is 5.75 Å². The quantitative estimate of drug-likeness (QED) is 0.540. The molecule has 0 saturated carbocycles. The van der Waals surface area contributed by atoms with Crippen LogP contribution in [0.3, 0.4) is 0 Å². The molecule has 7 nitrogen and oxygen atoms in total. The second-order valence-corrected chi connectivity index (χ2v) is 7.57. The fourth-order valence-corrected chi connectivity index (χ4v) is 3.58. The van der Waals surface area contributed by atoms with Gasteiger partial charge < -0.3 is 14.8 Å². The van der Waals surface area contributed by atoms with Gasteiger partial charge in [-0.05, 0) is 35.4 Å². The number of hydrogen-bond donors (Lipinski definition) is 1. The Morgan fingerprint density at radius 2 is 1.88 bits per heavy atom. The SMILES string of the molecule is O=C1N=C(COc2cccc(Cl)c2)C(C(=O)OCc2ccccc2)C(c2cccnc2)N1. The van der Waals surface area contributed by atoms with Crippen LogP contribution in [0.1, 0.15) is 17.2 Å². The Balaban J connectivity index is 1.59. The molecular formula is C24H20ClN3O4. The number of carbonyl (C=O) groups is 2. The van der Waals surface area contributed by atoms with Gasteiger partial charge in [-0.3, -0.25) is 9.78 Å². The lowest BCUT2D eigenvalue weighted by Crippen LogP contribution is -2.47. The zero-order valence-corrected chi connectivity index (χ0v) is 17.7. The number of pyridine rings is 1. The van der Waals surface area contributed by atoms with Crippen molar-refractivity contribution in [3.05, 3.63) is 95.3 Å². The number of urea groups is 1. The monoisotopic (exact) mass is 449 g/mol. The van der Waals surface area contributed by atoms with Gasteiger partial charge in [-0.25, -0.2) is 4.79 Å². The molecule has 162 valence electrons. The van der Waals surface area contributed by atoms with Gasteiger partial charge in [0.15, 0.2) is 0 Å². The summed E-state index contributed by atoms with van der Waals surface area (Å²) in [5.41, 5.74) is 1.78. The van der Waals surface area contributed by atoms with Crippen molar-refractivity contribution < 1.29 is 19.1 Å². The van der Waals surface area contributed by atoms with E-state index < -0.39 is 24.0 Å². The van der Waals surface area contributed by atoms with Crippen molar-refractivity contribution in [3.63, 3.8) is 0 Å². The molecule has 1 aliphatic heterocycles. The summed E-state index contributed by atoms with van der Waals surface area (Å²) in [6.07, 6.45) is 3.22. The molecule has 2 aromatic carbocycles. The van der Waals surface area contributed by atoms with E-state index in [2.05, 4.69) is 15.3 Å². The number of esters is 1. The van der Waals surface area contributed by atoms with Crippen molar-refractivity contribution in [3.8, 4) is 5.75 Å². The van der Waals surface area contributed by atoms with E-state index in [1.807, 2.05) is 30.3 Å². The first kappa shape index (κ1) is 21.5. The van der Waals surface area contributed by atoms with E-state index in [4.69, 9.17) is 21.1 Å². The molecule has 1 aliphatic rings. The minimum Gasteiger partial charge on any atom is -0.488 e. The fraction of sp³-hybridized carbons (Fsp3) is 0.167. The lowest BCUT2D eigenvalue weighted by molar-refractivity contribution is -0.148. The lowest BCUT2D eigenvalue weighted by Gasteiger charge is -2.30.